The van der Waals surface area contributed by atoms with Crippen LogP contribution < -0.4 is 0 Å². The van der Waals surface area contributed by atoms with E-state index in [9.17, 15) is 97.1 Å². The Hall–Kier alpha value is -9.35. The van der Waals surface area contributed by atoms with Gasteiger partial charge in [-0.25, -0.2) is 0 Å². The number of methoxy groups -OCH3 is 1. The van der Waals surface area contributed by atoms with Crippen molar-refractivity contribution in [2.75, 3.05) is 7.11 Å². The number of alkyl halides is 12. The van der Waals surface area contributed by atoms with E-state index in [2.05, 4.69) is 36.4 Å². The van der Waals surface area contributed by atoms with Crippen LogP contribution in [0.2, 0.25) is 0 Å². The zero-order valence-electron chi connectivity index (χ0n) is 70.6. The summed E-state index contributed by atoms with van der Waals surface area (Å²) in [5.41, 5.74) is -8.34. The number of carbonyl (C=O) groups is 5. The summed E-state index contributed by atoms with van der Waals surface area (Å²) < 4.78 is 162. The molecule has 4 N–H and O–H groups in total. The van der Waals surface area contributed by atoms with Gasteiger partial charge in [0.1, 0.15) is 0 Å². The molecule has 14 rings (SSSR count). The molecule has 4 atom stereocenters. The van der Waals surface area contributed by atoms with E-state index >= 15 is 0 Å². The molecule has 6 aromatic carbocycles. The highest BCUT2D eigenvalue weighted by molar-refractivity contribution is 5.97. The predicted octanol–water partition coefficient (Wildman–Crippen LogP) is 20.3. The van der Waals surface area contributed by atoms with Crippen LogP contribution in [0.3, 0.4) is 0 Å². The molecule has 670 valence electrons. The van der Waals surface area contributed by atoms with Gasteiger partial charge in [0.2, 0.25) is 0 Å². The van der Waals surface area contributed by atoms with Crippen molar-refractivity contribution in [1.29, 1.82) is 10.5 Å². The van der Waals surface area contributed by atoms with Crippen molar-refractivity contribution >= 4 is 29.6 Å². The number of amides is 4. The average molecular weight is 1740 g/mol. The van der Waals surface area contributed by atoms with E-state index in [1.54, 1.807) is 0 Å². The van der Waals surface area contributed by atoms with Crippen LogP contribution in [0, 0.1) is 46.3 Å². The average Bonchev–Trinajstić information content (AvgIpc) is 1.76. The first-order valence-corrected chi connectivity index (χ1v) is 43.3. The first-order valence-electron chi connectivity index (χ1n) is 43.3. The molecule has 4 amide bonds. The zero-order valence-corrected chi connectivity index (χ0v) is 70.6. The third-order valence-corrected chi connectivity index (χ3v) is 26.6. The lowest BCUT2D eigenvalue weighted by molar-refractivity contribution is -0.259. The van der Waals surface area contributed by atoms with Gasteiger partial charge in [-0.05, 0) is 312 Å². The van der Waals surface area contributed by atoms with E-state index < -0.39 is 47.1 Å². The fourth-order valence-electron chi connectivity index (χ4n) is 17.9. The van der Waals surface area contributed by atoms with Crippen LogP contribution in [0.25, 0.3) is 0 Å². The lowest BCUT2D eigenvalue weighted by atomic mass is 9.81. The van der Waals surface area contributed by atoms with Crippen LogP contribution in [-0.2, 0) is 44.8 Å². The lowest BCUT2D eigenvalue weighted by Crippen LogP contribution is -2.44. The van der Waals surface area contributed by atoms with Crippen LogP contribution >= 0.6 is 0 Å². The van der Waals surface area contributed by atoms with Gasteiger partial charge in [0, 0.05) is 83.4 Å². The molecule has 0 aromatic heterocycles. The summed E-state index contributed by atoms with van der Waals surface area (Å²) >= 11 is 0. The molecule has 0 heterocycles. The Morgan fingerprint density at radius 1 is 0.331 bits per heavy atom. The second kappa shape index (κ2) is 39.7. The van der Waals surface area contributed by atoms with Crippen molar-refractivity contribution in [2.45, 2.75) is 303 Å². The van der Waals surface area contributed by atoms with Gasteiger partial charge in [-0.1, -0.05) is 91.0 Å². The Morgan fingerprint density at radius 3 is 0.774 bits per heavy atom. The van der Waals surface area contributed by atoms with E-state index in [4.69, 9.17) is 15.3 Å². The normalized spacial score (nSPS) is 23.6. The number of aliphatic hydroxyl groups is 4. The van der Waals surface area contributed by atoms with Crippen molar-refractivity contribution in [1.82, 2.24) is 19.6 Å². The number of hydrogen-bond donors (Lipinski definition) is 4. The number of rotatable bonds is 23. The molecule has 28 heteroatoms. The van der Waals surface area contributed by atoms with Crippen LogP contribution in [0.5, 0.6) is 0 Å². The number of nitriles is 2. The SMILES string of the molecule is COC(=O)CC1CCC(N(C(=O)c2ccc([C@](C)(O)C(F)(F)F)cc2)C2CC2)CC1.C[C@](O)(c1ccc(C(=O)N(C2CCC(CC#N)CC2)C2CC2)cc1)C(F)(F)F.C[C@](O)(c1ccc(C(=O)N(C2CCC(Cc3ccc(C#N)cc3)CC2)C2CC2)cc1)C(F)(F)F.C[C@](O)(c1ccc(C(=O)N(C2CCC(Cc3ccccc3)CC2)C2CC2)cc1)C(F)(F)F. The van der Waals surface area contributed by atoms with Gasteiger partial charge >= 0.3 is 30.7 Å². The maximum atomic E-state index is 13.3. The Kier molecular flexibility index (Phi) is 30.5. The molecule has 8 aliphatic rings. The van der Waals surface area contributed by atoms with Crippen LogP contribution in [0.15, 0.2) is 152 Å². The van der Waals surface area contributed by atoms with Gasteiger partial charge in [-0.2, -0.15) is 63.2 Å². The van der Waals surface area contributed by atoms with Crippen molar-refractivity contribution < 1.29 is 102 Å². The summed E-state index contributed by atoms with van der Waals surface area (Å²) in [5, 5.41) is 57.2. The fourth-order valence-corrected chi connectivity index (χ4v) is 17.9. The minimum absolute atomic E-state index is 0.0665. The summed E-state index contributed by atoms with van der Waals surface area (Å²) in [7, 11) is 1.38. The van der Waals surface area contributed by atoms with Gasteiger partial charge in [0.05, 0.1) is 24.8 Å². The summed E-state index contributed by atoms with van der Waals surface area (Å²) in [4.78, 5) is 72.1. The number of ether oxygens (including phenoxy) is 1. The quantitative estimate of drug-likeness (QED) is 0.0346. The molecule has 0 spiro atoms. The third-order valence-electron chi connectivity index (χ3n) is 26.6. The summed E-state index contributed by atoms with van der Waals surface area (Å²) in [6, 6.07) is 44.4. The van der Waals surface area contributed by atoms with Crippen molar-refractivity contribution in [3.63, 3.8) is 0 Å². The van der Waals surface area contributed by atoms with E-state index in [0.29, 0.717) is 72.3 Å². The van der Waals surface area contributed by atoms with Gasteiger partial charge in [0.15, 0.2) is 22.4 Å². The van der Waals surface area contributed by atoms with E-state index in [1.165, 1.54) is 115 Å². The van der Waals surface area contributed by atoms with E-state index in [-0.39, 0.29) is 106 Å². The molecule has 0 aliphatic heterocycles. The molecule has 0 radical (unpaired) electrons. The van der Waals surface area contributed by atoms with Gasteiger partial charge in [-0.15, -0.1) is 0 Å². The smallest absolute Gasteiger partial charge is 0.421 e. The molecule has 8 aliphatic carbocycles. The number of benzene rings is 6. The molecule has 8 saturated carbocycles. The first-order chi connectivity index (χ1) is 58.4. The highest BCUT2D eigenvalue weighted by Gasteiger charge is 2.55. The third kappa shape index (κ3) is 23.7. The second-order valence-corrected chi connectivity index (χ2v) is 35.9. The Bertz CT molecular complexity index is 4630. The molecule has 0 unspecified atom stereocenters. The van der Waals surface area contributed by atoms with Crippen LogP contribution in [0.4, 0.5) is 52.7 Å². The molecule has 16 nitrogen and oxygen atoms in total. The zero-order chi connectivity index (χ0) is 90.1. The maximum Gasteiger partial charge on any atom is 0.421 e. The topological polar surface area (TPSA) is 236 Å². The standard InChI is InChI=1S/C27H29F3N2O2.C26H30F3NO2.C22H28F3NO4.C21H25F3N2O2/c1-26(34,27(28,29)30)22-10-8-21(9-11-22)25(33)32(24-14-15-24)23-12-6-19(7-13-23)16-18-2-4-20(17-31)5-3-18;1-25(32,26(27,28)29)21-11-9-20(10-12-21)24(31)30(23-15-16-23)22-13-7-19(8-14-22)17-18-5-3-2-4-6-18;1-21(29,22(23,24)25)16-7-5-15(6-8-16)20(28)26(18-11-12-18)17-9-3-14(4-10-17)13-19(27)30-2;1-20(28,21(22,23)24)16-6-4-15(5-7-16)19(27)26(18-10-11-18)17-8-2-14(3-9-17)12-13-25/h2-5,8-11,19,23-24,34H,6-7,12-16H2,1H3;2-6,9-12,19,22-23,32H,7-8,13-17H2,1H3;5-8,14,17-18,29H,3-4,9-13H2,1-2H3;4-7,14,17-18,28H,2-3,8-12H2,1H3/t19?,23?,26-;19?,22?,25-;14?,17?,21-;14?,17?,20-/m0000/s1. The monoisotopic (exact) mass is 1740 g/mol. The summed E-state index contributed by atoms with van der Waals surface area (Å²) in [6.07, 6.45) is 6.12. The van der Waals surface area contributed by atoms with Crippen molar-refractivity contribution in [3.05, 3.63) is 213 Å². The highest BCUT2D eigenvalue weighted by Crippen LogP contribution is 2.47. The summed E-state index contributed by atoms with van der Waals surface area (Å²) in [6.45, 7) is 2.86. The first kappa shape index (κ1) is 95.3. The number of halogens is 12. The fraction of sp³-hybridized carbons (Fsp3) is 0.552. The molecular formula is C96H112F12N6O10. The lowest BCUT2D eigenvalue weighted by Gasteiger charge is -2.37. The second-order valence-electron chi connectivity index (χ2n) is 35.9. The minimum atomic E-state index is -4.80. The number of esters is 1. The largest absolute Gasteiger partial charge is 0.469 e. The molecule has 8 fully saturated rings. The van der Waals surface area contributed by atoms with Crippen molar-refractivity contribution in [2.24, 2.45) is 23.7 Å². The van der Waals surface area contributed by atoms with E-state index in [1.807, 2.05) is 49.9 Å². The molecule has 0 bridgehead atoms. The highest BCUT2D eigenvalue weighted by atomic mass is 19.4. The number of nitrogens with zero attached hydrogens (tertiary/aromatic N) is 6. The Morgan fingerprint density at radius 2 is 0.556 bits per heavy atom. The van der Waals surface area contributed by atoms with E-state index in [0.717, 1.165) is 181 Å². The Labute approximate surface area is 716 Å². The molecular weight excluding hydrogens is 1630 g/mol. The van der Waals surface area contributed by atoms with Crippen LogP contribution in [-0.4, -0.2) is 150 Å². The Balaban J connectivity index is 0.000000161. The number of hydrogen-bond acceptors (Lipinski definition) is 12. The predicted molar refractivity (Wildman–Crippen MR) is 440 cm³/mol. The van der Waals surface area contributed by atoms with Crippen LogP contribution in [0.1, 0.15) is 275 Å². The minimum Gasteiger partial charge on any atom is -0.469 e. The molecule has 0 saturated heterocycles. The van der Waals surface area contributed by atoms with Gasteiger partial charge < -0.3 is 44.8 Å². The maximum absolute atomic E-state index is 13.3. The van der Waals surface area contributed by atoms with Gasteiger partial charge in [-0.3, -0.25) is 24.0 Å². The van der Waals surface area contributed by atoms with Crippen molar-refractivity contribution in [3.8, 4) is 12.1 Å². The molecule has 6 aromatic rings. The summed E-state index contributed by atoms with van der Waals surface area (Å²) in [5.74, 6) is 0.973. The molecule has 124 heavy (non-hydrogen) atoms. The number of carbonyl (C=O) groups excluding carboxylic acids is 5. The van der Waals surface area contributed by atoms with Gasteiger partial charge in [0.25, 0.3) is 23.6 Å².